The van der Waals surface area contributed by atoms with E-state index in [4.69, 9.17) is 0 Å². The summed E-state index contributed by atoms with van der Waals surface area (Å²) in [5.74, 6) is -0.345. The van der Waals surface area contributed by atoms with Crippen LogP contribution in [0, 0.1) is 5.82 Å². The van der Waals surface area contributed by atoms with E-state index in [2.05, 4.69) is 10.2 Å². The molecule has 2 rings (SSSR count). The van der Waals surface area contributed by atoms with Crippen LogP contribution in [0.3, 0.4) is 0 Å². The second-order valence-electron chi connectivity index (χ2n) is 5.34. The summed E-state index contributed by atoms with van der Waals surface area (Å²) in [5.41, 5.74) is 0.518. The van der Waals surface area contributed by atoms with Crippen LogP contribution in [-0.4, -0.2) is 42.8 Å². The molecule has 1 heterocycles. The number of carbonyl (C=O) groups is 2. The van der Waals surface area contributed by atoms with Gasteiger partial charge in [-0.2, -0.15) is 0 Å². The smallest absolute Gasteiger partial charge is 0.237 e. The average molecular weight is 292 g/mol. The molecule has 0 bridgehead atoms. The summed E-state index contributed by atoms with van der Waals surface area (Å²) in [6.45, 7) is 1.41. The topological polar surface area (TPSA) is 49.4 Å². The highest BCUT2D eigenvalue weighted by Crippen LogP contribution is 2.18. The lowest BCUT2D eigenvalue weighted by Gasteiger charge is -2.34. The first-order valence-corrected chi connectivity index (χ1v) is 7.36. The lowest BCUT2D eigenvalue weighted by Crippen LogP contribution is -2.49. The SMILES string of the molecule is CNC(=O)C1CCCCN1CCC(=O)c1ccc(F)cc1. The molecule has 1 aliphatic heterocycles. The fraction of sp³-hybridized carbons (Fsp3) is 0.500. The Morgan fingerprint density at radius 3 is 2.67 bits per heavy atom. The number of halogens is 1. The minimum atomic E-state index is -0.345. The molecule has 1 aromatic carbocycles. The monoisotopic (exact) mass is 292 g/mol. The second kappa shape index (κ2) is 7.31. The van der Waals surface area contributed by atoms with Crippen molar-refractivity contribution in [3.05, 3.63) is 35.6 Å². The highest BCUT2D eigenvalue weighted by atomic mass is 19.1. The summed E-state index contributed by atoms with van der Waals surface area (Å²) in [7, 11) is 1.64. The van der Waals surface area contributed by atoms with E-state index in [9.17, 15) is 14.0 Å². The number of carbonyl (C=O) groups excluding carboxylic acids is 2. The van der Waals surface area contributed by atoms with Gasteiger partial charge in [0.15, 0.2) is 5.78 Å². The van der Waals surface area contributed by atoms with Gasteiger partial charge in [0.2, 0.25) is 5.91 Å². The van der Waals surface area contributed by atoms with Gasteiger partial charge in [0.1, 0.15) is 5.82 Å². The van der Waals surface area contributed by atoms with E-state index >= 15 is 0 Å². The zero-order chi connectivity index (χ0) is 15.2. The Hall–Kier alpha value is -1.75. The fourth-order valence-corrected chi connectivity index (χ4v) is 2.75. The van der Waals surface area contributed by atoms with Gasteiger partial charge < -0.3 is 5.32 Å². The van der Waals surface area contributed by atoms with Gasteiger partial charge in [0.25, 0.3) is 0 Å². The zero-order valence-electron chi connectivity index (χ0n) is 12.3. The van der Waals surface area contributed by atoms with E-state index < -0.39 is 0 Å². The molecule has 0 aliphatic carbocycles. The van der Waals surface area contributed by atoms with Crippen molar-refractivity contribution < 1.29 is 14.0 Å². The van der Waals surface area contributed by atoms with Crippen molar-refractivity contribution in [2.75, 3.05) is 20.1 Å². The number of amides is 1. The number of piperidine rings is 1. The van der Waals surface area contributed by atoms with Crippen molar-refractivity contribution in [1.82, 2.24) is 10.2 Å². The zero-order valence-corrected chi connectivity index (χ0v) is 12.3. The molecule has 1 N–H and O–H groups in total. The number of likely N-dealkylation sites (tertiary alicyclic amines) is 1. The Balaban J connectivity index is 1.92. The molecule has 0 aromatic heterocycles. The number of nitrogens with zero attached hydrogens (tertiary/aromatic N) is 1. The summed E-state index contributed by atoms with van der Waals surface area (Å²) < 4.78 is 12.8. The molecular formula is C16H21FN2O2. The van der Waals surface area contributed by atoms with Gasteiger partial charge in [-0.05, 0) is 43.7 Å². The van der Waals surface area contributed by atoms with Crippen molar-refractivity contribution in [1.29, 1.82) is 0 Å². The van der Waals surface area contributed by atoms with Crippen molar-refractivity contribution in [3.63, 3.8) is 0 Å². The third kappa shape index (κ3) is 4.11. The first-order chi connectivity index (χ1) is 10.1. The third-order valence-electron chi connectivity index (χ3n) is 3.95. The van der Waals surface area contributed by atoms with Crippen LogP contribution < -0.4 is 5.32 Å². The first kappa shape index (κ1) is 15.6. The number of hydrogen-bond donors (Lipinski definition) is 1. The Morgan fingerprint density at radius 1 is 1.29 bits per heavy atom. The number of nitrogens with one attached hydrogen (secondary N) is 1. The Morgan fingerprint density at radius 2 is 2.00 bits per heavy atom. The Kier molecular flexibility index (Phi) is 5.44. The quantitative estimate of drug-likeness (QED) is 0.845. The van der Waals surface area contributed by atoms with Gasteiger partial charge in [-0.15, -0.1) is 0 Å². The van der Waals surface area contributed by atoms with Crippen LogP contribution in [0.4, 0.5) is 4.39 Å². The van der Waals surface area contributed by atoms with Gasteiger partial charge in [0.05, 0.1) is 6.04 Å². The number of benzene rings is 1. The lowest BCUT2D eigenvalue weighted by molar-refractivity contribution is -0.127. The molecule has 4 nitrogen and oxygen atoms in total. The molecule has 0 saturated carbocycles. The average Bonchev–Trinajstić information content (AvgIpc) is 2.52. The number of Topliss-reactive ketones (excluding diaryl/α,β-unsaturated/α-hetero) is 1. The molecular weight excluding hydrogens is 271 g/mol. The number of ketones is 1. The predicted octanol–water partition coefficient (Wildman–Crippen LogP) is 2.00. The van der Waals surface area contributed by atoms with Crippen molar-refractivity contribution in [3.8, 4) is 0 Å². The van der Waals surface area contributed by atoms with Crippen molar-refractivity contribution in [2.45, 2.75) is 31.7 Å². The number of rotatable bonds is 5. The van der Waals surface area contributed by atoms with Crippen LogP contribution in [0.2, 0.25) is 0 Å². The first-order valence-electron chi connectivity index (χ1n) is 7.36. The van der Waals surface area contributed by atoms with Crippen LogP contribution in [0.25, 0.3) is 0 Å². The molecule has 1 saturated heterocycles. The van der Waals surface area contributed by atoms with E-state index in [1.165, 1.54) is 24.3 Å². The molecule has 1 aromatic rings. The van der Waals surface area contributed by atoms with Gasteiger partial charge in [-0.25, -0.2) is 4.39 Å². The maximum Gasteiger partial charge on any atom is 0.237 e. The Labute approximate surface area is 124 Å². The number of hydrogen-bond acceptors (Lipinski definition) is 3. The fourth-order valence-electron chi connectivity index (χ4n) is 2.75. The normalized spacial score (nSPS) is 19.2. The molecule has 1 unspecified atom stereocenters. The van der Waals surface area contributed by atoms with Gasteiger partial charge in [0, 0.05) is 25.6 Å². The molecule has 21 heavy (non-hydrogen) atoms. The molecule has 1 fully saturated rings. The van der Waals surface area contributed by atoms with Crippen LogP contribution in [0.15, 0.2) is 24.3 Å². The van der Waals surface area contributed by atoms with Crippen molar-refractivity contribution >= 4 is 11.7 Å². The summed E-state index contributed by atoms with van der Waals surface area (Å²) >= 11 is 0. The van der Waals surface area contributed by atoms with Gasteiger partial charge >= 0.3 is 0 Å². The molecule has 0 radical (unpaired) electrons. The molecule has 1 aliphatic rings. The minimum absolute atomic E-state index is 0.0174. The van der Waals surface area contributed by atoms with Crippen LogP contribution in [0.5, 0.6) is 0 Å². The van der Waals surface area contributed by atoms with Crippen LogP contribution >= 0.6 is 0 Å². The third-order valence-corrected chi connectivity index (χ3v) is 3.95. The van der Waals surface area contributed by atoms with E-state index in [1.807, 2.05) is 0 Å². The standard InChI is InChI=1S/C16H21FN2O2/c1-18-16(21)14-4-2-3-10-19(14)11-9-15(20)12-5-7-13(17)8-6-12/h5-8,14H,2-4,9-11H2,1H3,(H,18,21). The van der Waals surface area contributed by atoms with E-state index in [0.29, 0.717) is 18.5 Å². The van der Waals surface area contributed by atoms with Crippen molar-refractivity contribution in [2.24, 2.45) is 0 Å². The summed E-state index contributed by atoms with van der Waals surface area (Å²) in [4.78, 5) is 26.0. The van der Waals surface area contributed by atoms with Crippen LogP contribution in [0.1, 0.15) is 36.0 Å². The molecule has 0 spiro atoms. The predicted molar refractivity (Wildman–Crippen MR) is 78.6 cm³/mol. The summed E-state index contributed by atoms with van der Waals surface area (Å²) in [6.07, 6.45) is 3.28. The highest BCUT2D eigenvalue weighted by Gasteiger charge is 2.27. The minimum Gasteiger partial charge on any atom is -0.358 e. The summed E-state index contributed by atoms with van der Waals surface area (Å²) in [5, 5.41) is 2.68. The molecule has 1 amide bonds. The van der Waals surface area contributed by atoms with Gasteiger partial charge in [-0.1, -0.05) is 6.42 Å². The number of likely N-dealkylation sites (N-methyl/N-ethyl adjacent to an activating group) is 1. The lowest BCUT2D eigenvalue weighted by atomic mass is 10.00. The second-order valence-corrected chi connectivity index (χ2v) is 5.34. The van der Waals surface area contributed by atoms with E-state index in [1.54, 1.807) is 7.05 Å². The van der Waals surface area contributed by atoms with Crippen LogP contribution in [-0.2, 0) is 4.79 Å². The largest absolute Gasteiger partial charge is 0.358 e. The molecule has 5 heteroatoms. The van der Waals surface area contributed by atoms with E-state index in [0.717, 1.165) is 25.8 Å². The molecule has 114 valence electrons. The summed E-state index contributed by atoms with van der Waals surface area (Å²) in [6, 6.07) is 5.46. The maximum absolute atomic E-state index is 12.8. The van der Waals surface area contributed by atoms with Gasteiger partial charge in [-0.3, -0.25) is 14.5 Å². The maximum atomic E-state index is 12.8. The van der Waals surface area contributed by atoms with E-state index in [-0.39, 0.29) is 23.5 Å². The Bertz CT molecular complexity index is 502. The molecule has 1 atom stereocenters. The highest BCUT2D eigenvalue weighted by molar-refractivity contribution is 5.96.